The Morgan fingerprint density at radius 1 is 1.14 bits per heavy atom. The minimum absolute atomic E-state index is 0.592. The molecule has 1 aliphatic rings. The molecule has 5 nitrogen and oxygen atoms in total. The summed E-state index contributed by atoms with van der Waals surface area (Å²) in [5, 5.41) is 0. The second-order valence-corrected chi connectivity index (χ2v) is 5.49. The molecule has 5 heteroatoms. The van der Waals surface area contributed by atoms with Crippen molar-refractivity contribution in [1.29, 1.82) is 0 Å². The van der Waals surface area contributed by atoms with Crippen molar-refractivity contribution in [2.24, 2.45) is 11.7 Å². The van der Waals surface area contributed by atoms with Crippen LogP contribution < -0.4 is 19.9 Å². The Morgan fingerprint density at radius 3 is 2.33 bits per heavy atom. The standard InChI is InChI=1S/C16H26N2O3/c1-19-13-7-15(20-2)14(16(8-13)21-3)11-18-6-4-5-12(9-17)10-18/h7-8,12H,4-6,9-11,17H2,1-3H3. The Labute approximate surface area is 127 Å². The molecule has 1 heterocycles. The number of methoxy groups -OCH3 is 3. The van der Waals surface area contributed by atoms with Crippen molar-refractivity contribution in [1.82, 2.24) is 4.90 Å². The van der Waals surface area contributed by atoms with E-state index in [1.807, 2.05) is 12.1 Å². The van der Waals surface area contributed by atoms with Gasteiger partial charge >= 0.3 is 0 Å². The maximum Gasteiger partial charge on any atom is 0.130 e. The summed E-state index contributed by atoms with van der Waals surface area (Å²) in [5.41, 5.74) is 6.88. The largest absolute Gasteiger partial charge is 0.496 e. The number of likely N-dealkylation sites (tertiary alicyclic amines) is 1. The normalized spacial score (nSPS) is 19.3. The lowest BCUT2D eigenvalue weighted by atomic mass is 9.97. The highest BCUT2D eigenvalue weighted by Gasteiger charge is 2.22. The van der Waals surface area contributed by atoms with Gasteiger partial charge in [0, 0.05) is 25.2 Å². The Morgan fingerprint density at radius 2 is 1.81 bits per heavy atom. The number of rotatable bonds is 6. The van der Waals surface area contributed by atoms with Gasteiger partial charge in [-0.2, -0.15) is 0 Å². The molecular weight excluding hydrogens is 268 g/mol. The molecule has 2 N–H and O–H groups in total. The monoisotopic (exact) mass is 294 g/mol. The van der Waals surface area contributed by atoms with Crippen LogP contribution in [0.1, 0.15) is 18.4 Å². The van der Waals surface area contributed by atoms with Gasteiger partial charge in [-0.3, -0.25) is 4.90 Å². The number of piperidine rings is 1. The highest BCUT2D eigenvalue weighted by atomic mass is 16.5. The first-order valence-electron chi connectivity index (χ1n) is 7.43. The summed E-state index contributed by atoms with van der Waals surface area (Å²) in [6.45, 7) is 3.70. The van der Waals surface area contributed by atoms with Gasteiger partial charge in [0.25, 0.3) is 0 Å². The fourth-order valence-corrected chi connectivity index (χ4v) is 2.94. The van der Waals surface area contributed by atoms with Gasteiger partial charge in [0.05, 0.1) is 26.9 Å². The molecule has 2 rings (SSSR count). The number of nitrogens with two attached hydrogens (primary N) is 1. The molecule has 0 amide bonds. The molecule has 0 aromatic heterocycles. The Hall–Kier alpha value is -1.46. The lowest BCUT2D eigenvalue weighted by Gasteiger charge is -2.32. The maximum atomic E-state index is 5.82. The lowest BCUT2D eigenvalue weighted by Crippen LogP contribution is -2.38. The van der Waals surface area contributed by atoms with E-state index in [2.05, 4.69) is 4.90 Å². The smallest absolute Gasteiger partial charge is 0.130 e. The molecular formula is C16H26N2O3. The van der Waals surface area contributed by atoms with E-state index < -0.39 is 0 Å². The minimum atomic E-state index is 0.592. The molecule has 0 saturated carbocycles. The highest BCUT2D eigenvalue weighted by molar-refractivity contribution is 5.50. The lowest BCUT2D eigenvalue weighted by molar-refractivity contribution is 0.167. The van der Waals surface area contributed by atoms with Crippen molar-refractivity contribution in [3.63, 3.8) is 0 Å². The molecule has 0 bridgehead atoms. The Balaban J connectivity index is 2.21. The van der Waals surface area contributed by atoms with Crippen molar-refractivity contribution >= 4 is 0 Å². The minimum Gasteiger partial charge on any atom is -0.496 e. The Kier molecular flexibility index (Phi) is 5.70. The van der Waals surface area contributed by atoms with Gasteiger partial charge in [-0.1, -0.05) is 0 Å². The van der Waals surface area contributed by atoms with Crippen molar-refractivity contribution in [3.05, 3.63) is 17.7 Å². The SMILES string of the molecule is COc1cc(OC)c(CN2CCCC(CN)C2)c(OC)c1. The fourth-order valence-electron chi connectivity index (χ4n) is 2.94. The van der Waals surface area contributed by atoms with Gasteiger partial charge in [0.1, 0.15) is 17.2 Å². The zero-order valence-electron chi connectivity index (χ0n) is 13.2. The van der Waals surface area contributed by atoms with Crippen LogP contribution >= 0.6 is 0 Å². The first-order valence-corrected chi connectivity index (χ1v) is 7.43. The van der Waals surface area contributed by atoms with Crippen LogP contribution in [0, 0.1) is 5.92 Å². The fraction of sp³-hybridized carbons (Fsp3) is 0.625. The second-order valence-electron chi connectivity index (χ2n) is 5.49. The summed E-state index contributed by atoms with van der Waals surface area (Å²) >= 11 is 0. The summed E-state index contributed by atoms with van der Waals surface area (Å²) in [7, 11) is 5.00. The Bertz CT molecular complexity index is 440. The van der Waals surface area contributed by atoms with Crippen molar-refractivity contribution in [2.75, 3.05) is 41.0 Å². The van der Waals surface area contributed by atoms with Crippen LogP contribution in [0.3, 0.4) is 0 Å². The van der Waals surface area contributed by atoms with Gasteiger partial charge in [-0.05, 0) is 31.8 Å². The molecule has 118 valence electrons. The van der Waals surface area contributed by atoms with Gasteiger partial charge in [-0.25, -0.2) is 0 Å². The average molecular weight is 294 g/mol. The zero-order valence-corrected chi connectivity index (χ0v) is 13.2. The predicted molar refractivity (Wildman–Crippen MR) is 83.2 cm³/mol. The number of benzene rings is 1. The van der Waals surface area contributed by atoms with E-state index in [0.717, 1.165) is 49.0 Å². The first-order chi connectivity index (χ1) is 10.2. The van der Waals surface area contributed by atoms with Crippen LogP contribution in [0.25, 0.3) is 0 Å². The van der Waals surface area contributed by atoms with E-state index in [1.165, 1.54) is 12.8 Å². The highest BCUT2D eigenvalue weighted by Crippen LogP contribution is 2.35. The quantitative estimate of drug-likeness (QED) is 0.868. The molecule has 1 atom stereocenters. The predicted octanol–water partition coefficient (Wildman–Crippen LogP) is 1.88. The number of nitrogens with zero attached hydrogens (tertiary/aromatic N) is 1. The van der Waals surface area contributed by atoms with E-state index in [1.54, 1.807) is 21.3 Å². The molecule has 1 aromatic carbocycles. The molecule has 1 fully saturated rings. The molecule has 0 aliphatic carbocycles. The van der Waals surface area contributed by atoms with Crippen LogP contribution in [0.2, 0.25) is 0 Å². The second kappa shape index (κ2) is 7.52. The van der Waals surface area contributed by atoms with Gasteiger partial charge in [0.2, 0.25) is 0 Å². The van der Waals surface area contributed by atoms with Crippen LogP contribution in [0.15, 0.2) is 12.1 Å². The molecule has 1 aliphatic heterocycles. The van der Waals surface area contributed by atoms with Gasteiger partial charge in [0.15, 0.2) is 0 Å². The molecule has 1 unspecified atom stereocenters. The van der Waals surface area contributed by atoms with E-state index >= 15 is 0 Å². The molecule has 0 spiro atoms. The molecule has 0 radical (unpaired) electrons. The third-order valence-corrected chi connectivity index (χ3v) is 4.14. The van der Waals surface area contributed by atoms with E-state index in [-0.39, 0.29) is 0 Å². The van der Waals surface area contributed by atoms with Crippen LogP contribution in [-0.2, 0) is 6.54 Å². The van der Waals surface area contributed by atoms with Crippen molar-refractivity contribution in [3.8, 4) is 17.2 Å². The number of hydrogen-bond donors (Lipinski definition) is 1. The topological polar surface area (TPSA) is 57.0 Å². The van der Waals surface area contributed by atoms with E-state index in [9.17, 15) is 0 Å². The summed E-state index contributed by atoms with van der Waals surface area (Å²) in [5.74, 6) is 2.95. The molecule has 1 aromatic rings. The molecule has 21 heavy (non-hydrogen) atoms. The van der Waals surface area contributed by atoms with Gasteiger partial charge < -0.3 is 19.9 Å². The number of ether oxygens (including phenoxy) is 3. The van der Waals surface area contributed by atoms with E-state index in [0.29, 0.717) is 5.92 Å². The van der Waals surface area contributed by atoms with Crippen molar-refractivity contribution in [2.45, 2.75) is 19.4 Å². The summed E-state index contributed by atoms with van der Waals surface area (Å²) < 4.78 is 16.3. The van der Waals surface area contributed by atoms with Gasteiger partial charge in [-0.15, -0.1) is 0 Å². The third-order valence-electron chi connectivity index (χ3n) is 4.14. The number of hydrogen-bond acceptors (Lipinski definition) is 5. The van der Waals surface area contributed by atoms with Crippen LogP contribution in [-0.4, -0.2) is 45.9 Å². The maximum absolute atomic E-state index is 5.82. The summed E-state index contributed by atoms with van der Waals surface area (Å²) in [4.78, 5) is 2.42. The zero-order chi connectivity index (χ0) is 15.2. The van der Waals surface area contributed by atoms with Crippen LogP contribution in [0.4, 0.5) is 0 Å². The van der Waals surface area contributed by atoms with Crippen LogP contribution in [0.5, 0.6) is 17.2 Å². The van der Waals surface area contributed by atoms with Crippen molar-refractivity contribution < 1.29 is 14.2 Å². The summed E-state index contributed by atoms with van der Waals surface area (Å²) in [6, 6.07) is 3.81. The molecule has 1 saturated heterocycles. The van der Waals surface area contributed by atoms with E-state index in [4.69, 9.17) is 19.9 Å². The first kappa shape index (κ1) is 15.9. The average Bonchev–Trinajstić information content (AvgIpc) is 2.55. The third kappa shape index (κ3) is 3.80. The summed E-state index contributed by atoms with van der Waals surface area (Å²) in [6.07, 6.45) is 2.42.